The van der Waals surface area contributed by atoms with Crippen molar-refractivity contribution in [3.8, 4) is 0 Å². The van der Waals surface area contributed by atoms with Gasteiger partial charge in [-0.1, -0.05) is 0 Å². The molecule has 1 aromatic rings. The number of benzene rings is 1. The highest BCUT2D eigenvalue weighted by molar-refractivity contribution is 6.69. The van der Waals surface area contributed by atoms with Gasteiger partial charge in [0, 0.05) is 16.7 Å². The molecule has 0 bridgehead atoms. The van der Waals surface area contributed by atoms with Crippen LogP contribution in [-0.2, 0) is 5.92 Å². The molecule has 19 heteroatoms. The van der Waals surface area contributed by atoms with Gasteiger partial charge in [-0.05, 0) is 41.4 Å². The number of carbonyl (C=O) groups is 2. The molecule has 0 radical (unpaired) electrons. The predicted octanol–water partition coefficient (Wildman–Crippen LogP) is 7.28. The number of hydrogen-bond donors (Lipinski definition) is 0. The normalized spacial score (nSPS) is 14.9. The van der Waals surface area contributed by atoms with E-state index >= 15 is 0 Å². The lowest BCUT2D eigenvalue weighted by Crippen LogP contribution is -2.72. The quantitative estimate of drug-likeness (QED) is 0.243. The lowest BCUT2D eigenvalue weighted by molar-refractivity contribution is -0.453. The van der Waals surface area contributed by atoms with Crippen LogP contribution in [0.5, 0.6) is 0 Å². The first-order valence-corrected chi connectivity index (χ1v) is 8.36. The maximum Gasteiger partial charge on any atom is 0.460 e. The van der Waals surface area contributed by atoms with E-state index in [0.717, 1.165) is 0 Å². The van der Waals surface area contributed by atoms with Gasteiger partial charge in [-0.2, -0.15) is 65.9 Å². The van der Waals surface area contributed by atoms with Crippen LogP contribution in [0.15, 0.2) is 18.2 Å². The van der Waals surface area contributed by atoms with Crippen molar-refractivity contribution in [2.75, 3.05) is 0 Å². The van der Waals surface area contributed by atoms with Gasteiger partial charge in [-0.25, -0.2) is 0 Å². The Morgan fingerprint density at radius 3 is 1.09 bits per heavy atom. The van der Waals surface area contributed by atoms with Crippen LogP contribution in [0.2, 0.25) is 0 Å². The highest BCUT2D eigenvalue weighted by Crippen LogP contribution is 2.63. The summed E-state index contributed by atoms with van der Waals surface area (Å²) in [6.45, 7) is 0. The summed E-state index contributed by atoms with van der Waals surface area (Å²) in [5.74, 6) is -48.0. The van der Waals surface area contributed by atoms with E-state index < -0.39 is 81.0 Å². The molecule has 0 fully saturated rings. The van der Waals surface area contributed by atoms with Gasteiger partial charge in [-0.15, -0.1) is 0 Å². The summed E-state index contributed by atoms with van der Waals surface area (Å²) in [5.41, 5.74) is -5.42. The first-order valence-electron chi connectivity index (χ1n) is 7.60. The van der Waals surface area contributed by atoms with E-state index in [2.05, 4.69) is 0 Å². The zero-order valence-corrected chi connectivity index (χ0v) is 16.5. The van der Waals surface area contributed by atoms with Crippen molar-refractivity contribution >= 4 is 33.7 Å². The molecule has 194 valence electrons. The van der Waals surface area contributed by atoms with Gasteiger partial charge in [0.15, 0.2) is 0 Å². The van der Waals surface area contributed by atoms with Gasteiger partial charge in [-0.3, -0.25) is 9.59 Å². The monoisotopic (exact) mass is 570 g/mol. The highest BCUT2D eigenvalue weighted by atomic mass is 35.5. The zero-order valence-electron chi connectivity index (χ0n) is 15.0. The Kier molecular flexibility index (Phi) is 7.39. The second-order valence-electron chi connectivity index (χ2n) is 6.29. The maximum absolute atomic E-state index is 14.2. The van der Waals surface area contributed by atoms with Crippen molar-refractivity contribution in [1.29, 1.82) is 0 Å². The van der Waals surface area contributed by atoms with E-state index in [9.17, 15) is 75.4 Å². The molecule has 0 heterocycles. The molecule has 0 saturated carbocycles. The number of hydrogen-bond acceptors (Lipinski definition) is 2. The van der Waals surface area contributed by atoms with Gasteiger partial charge in [0.1, 0.15) is 0 Å². The standard InChI is InChI=1S/C15H3Cl2F15O2/c16-7(33)4-1-5(8(17)34)3-6(2-4)9(18,19)10(20,21)11(22,23)12(24,25)13(26,27)14(28,29)15(30,31)32/h1-3H. The van der Waals surface area contributed by atoms with E-state index in [1.807, 2.05) is 0 Å². The molecule has 0 aliphatic rings. The van der Waals surface area contributed by atoms with Crippen molar-refractivity contribution in [3.05, 3.63) is 34.9 Å². The van der Waals surface area contributed by atoms with Crippen LogP contribution in [0.4, 0.5) is 65.9 Å². The Balaban J connectivity index is 3.84. The second kappa shape index (κ2) is 8.34. The smallest absolute Gasteiger partial charge is 0.276 e. The number of alkyl halides is 15. The largest absolute Gasteiger partial charge is 0.460 e. The van der Waals surface area contributed by atoms with E-state index in [1.54, 1.807) is 0 Å². The summed E-state index contributed by atoms with van der Waals surface area (Å²) in [5, 5.41) is -3.71. The Bertz CT molecular complexity index is 952. The molecule has 0 aliphatic carbocycles. The van der Waals surface area contributed by atoms with Gasteiger partial charge in [0.05, 0.1) is 0 Å². The van der Waals surface area contributed by atoms with Gasteiger partial charge in [0.2, 0.25) is 0 Å². The number of carbonyl (C=O) groups excluding carboxylic acids is 2. The molecular formula is C15H3Cl2F15O2. The molecule has 0 aliphatic heterocycles. The summed E-state index contributed by atoms with van der Waals surface area (Å²) in [6.07, 6.45) is -7.72. The fourth-order valence-corrected chi connectivity index (χ4v) is 2.40. The molecule has 0 atom stereocenters. The average molecular weight is 571 g/mol. The molecular weight excluding hydrogens is 568 g/mol. The molecule has 1 aromatic carbocycles. The Labute approximate surface area is 186 Å². The van der Waals surface area contributed by atoms with E-state index in [-0.39, 0.29) is 6.07 Å². The van der Waals surface area contributed by atoms with Crippen molar-refractivity contribution in [2.24, 2.45) is 0 Å². The van der Waals surface area contributed by atoms with Crippen molar-refractivity contribution in [3.63, 3.8) is 0 Å². The van der Waals surface area contributed by atoms with Crippen molar-refractivity contribution in [2.45, 2.75) is 41.7 Å². The van der Waals surface area contributed by atoms with Crippen LogP contribution >= 0.6 is 23.2 Å². The molecule has 0 spiro atoms. The Hall–Kier alpha value is -1.91. The van der Waals surface area contributed by atoms with Gasteiger partial charge < -0.3 is 0 Å². The van der Waals surface area contributed by atoms with Crippen LogP contribution in [0.1, 0.15) is 26.3 Å². The molecule has 0 amide bonds. The van der Waals surface area contributed by atoms with Crippen LogP contribution < -0.4 is 0 Å². The maximum atomic E-state index is 14.2. The minimum absolute atomic E-state index is 0.215. The van der Waals surface area contributed by atoms with Crippen LogP contribution in [0, 0.1) is 0 Å². The third kappa shape index (κ3) is 4.18. The summed E-state index contributed by atoms with van der Waals surface area (Å²) < 4.78 is 199. The zero-order chi connectivity index (χ0) is 27.5. The SMILES string of the molecule is O=C(Cl)c1cc(C(=O)Cl)cc(C(F)(F)C(F)(F)C(F)(F)C(F)(F)C(F)(F)C(F)(F)C(F)(F)F)c1. The van der Waals surface area contributed by atoms with E-state index in [4.69, 9.17) is 23.2 Å². The van der Waals surface area contributed by atoms with Crippen LogP contribution in [0.25, 0.3) is 0 Å². The molecule has 34 heavy (non-hydrogen) atoms. The number of halogens is 17. The van der Waals surface area contributed by atoms with Crippen molar-refractivity contribution < 1.29 is 75.4 Å². The number of rotatable bonds is 8. The average Bonchev–Trinajstić information content (AvgIpc) is 2.65. The molecule has 0 unspecified atom stereocenters. The second-order valence-corrected chi connectivity index (χ2v) is 6.98. The molecule has 0 N–H and O–H groups in total. The lowest BCUT2D eigenvalue weighted by Gasteiger charge is -2.41. The lowest BCUT2D eigenvalue weighted by atomic mass is 9.88. The molecule has 1 rings (SSSR count). The van der Waals surface area contributed by atoms with E-state index in [0.29, 0.717) is 0 Å². The first-order chi connectivity index (χ1) is 14.7. The summed E-state index contributed by atoms with van der Waals surface area (Å²) in [6, 6.07) is -0.806. The Morgan fingerprint density at radius 1 is 0.500 bits per heavy atom. The van der Waals surface area contributed by atoms with Crippen LogP contribution in [0.3, 0.4) is 0 Å². The molecule has 0 aromatic heterocycles. The minimum atomic E-state index is -8.48. The van der Waals surface area contributed by atoms with Crippen molar-refractivity contribution in [1.82, 2.24) is 0 Å². The van der Waals surface area contributed by atoms with Gasteiger partial charge >= 0.3 is 41.7 Å². The summed E-state index contributed by atoms with van der Waals surface area (Å²) in [4.78, 5) is 22.1. The van der Waals surface area contributed by atoms with Gasteiger partial charge in [0.25, 0.3) is 10.5 Å². The predicted molar refractivity (Wildman–Crippen MR) is 81.5 cm³/mol. The fraction of sp³-hybridized carbons (Fsp3) is 0.467. The Morgan fingerprint density at radius 2 is 0.794 bits per heavy atom. The summed E-state index contributed by atoms with van der Waals surface area (Å²) >= 11 is 9.70. The molecule has 0 saturated heterocycles. The highest BCUT2D eigenvalue weighted by Gasteiger charge is 2.93. The molecule has 2 nitrogen and oxygen atoms in total. The topological polar surface area (TPSA) is 34.1 Å². The van der Waals surface area contributed by atoms with E-state index in [1.165, 1.54) is 0 Å². The third-order valence-corrected chi connectivity index (χ3v) is 4.51. The minimum Gasteiger partial charge on any atom is -0.276 e. The first kappa shape index (κ1) is 30.1. The third-order valence-electron chi connectivity index (χ3n) is 4.08. The fourth-order valence-electron chi connectivity index (χ4n) is 2.18. The summed E-state index contributed by atoms with van der Waals surface area (Å²) in [7, 11) is 0. The van der Waals surface area contributed by atoms with Crippen LogP contribution in [-0.4, -0.2) is 46.3 Å².